The van der Waals surface area contributed by atoms with Crippen LogP contribution in [0.25, 0.3) is 0 Å². The number of benzene rings is 2. The van der Waals surface area contributed by atoms with Crippen LogP contribution in [0.5, 0.6) is 0 Å². The first-order valence-electron chi connectivity index (χ1n) is 9.62. The normalized spacial score (nSPS) is 12.6. The summed E-state index contributed by atoms with van der Waals surface area (Å²) in [5, 5.41) is 9.26. The zero-order chi connectivity index (χ0) is 21.2. The lowest BCUT2D eigenvalue weighted by molar-refractivity contribution is 0.0963. The summed E-state index contributed by atoms with van der Waals surface area (Å²) < 4.78 is 13.2. The van der Waals surface area contributed by atoms with Crippen molar-refractivity contribution in [1.82, 2.24) is 20.9 Å². The van der Waals surface area contributed by atoms with Crippen molar-refractivity contribution < 1.29 is 9.18 Å². The summed E-state index contributed by atoms with van der Waals surface area (Å²) in [6.45, 7) is 1.31. The van der Waals surface area contributed by atoms with Gasteiger partial charge in [0.1, 0.15) is 5.82 Å². The number of hydrogen-bond donors (Lipinski definition) is 3. The predicted molar refractivity (Wildman–Crippen MR) is 116 cm³/mol. The van der Waals surface area contributed by atoms with Crippen molar-refractivity contribution in [3.05, 3.63) is 71.0 Å². The van der Waals surface area contributed by atoms with E-state index in [0.29, 0.717) is 24.6 Å². The average Bonchev–Trinajstić information content (AvgIpc) is 2.73. The lowest BCUT2D eigenvalue weighted by atomic mass is 10.1. The number of likely N-dealkylation sites (N-methyl/N-ethyl adjacent to an activating group) is 1. The van der Waals surface area contributed by atoms with E-state index >= 15 is 0 Å². The Morgan fingerprint density at radius 3 is 2.48 bits per heavy atom. The van der Waals surface area contributed by atoms with E-state index in [-0.39, 0.29) is 17.8 Å². The van der Waals surface area contributed by atoms with Gasteiger partial charge in [0.25, 0.3) is 5.91 Å². The third kappa shape index (κ3) is 6.87. The number of nitrogens with one attached hydrogen (secondary N) is 3. The molecular weight excluding hydrogens is 369 g/mol. The Bertz CT molecular complexity index is 820. The minimum absolute atomic E-state index is 0.0818. The van der Waals surface area contributed by atoms with Gasteiger partial charge in [0, 0.05) is 32.7 Å². The van der Waals surface area contributed by atoms with E-state index in [0.717, 1.165) is 17.5 Å². The van der Waals surface area contributed by atoms with Gasteiger partial charge in [-0.15, -0.1) is 0 Å². The third-order valence-electron chi connectivity index (χ3n) is 4.69. The van der Waals surface area contributed by atoms with Crippen molar-refractivity contribution in [2.75, 3.05) is 41.3 Å². The molecule has 0 saturated heterocycles. The molecule has 0 aliphatic rings. The maximum Gasteiger partial charge on any atom is 0.251 e. The Labute approximate surface area is 172 Å². The Morgan fingerprint density at radius 1 is 1.14 bits per heavy atom. The molecule has 0 aromatic heterocycles. The Hall–Kier alpha value is -2.93. The van der Waals surface area contributed by atoms with Gasteiger partial charge in [-0.3, -0.25) is 9.79 Å². The van der Waals surface area contributed by atoms with Crippen molar-refractivity contribution in [3.8, 4) is 0 Å². The van der Waals surface area contributed by atoms with Crippen LogP contribution in [0, 0.1) is 5.82 Å². The van der Waals surface area contributed by atoms with Crippen LogP contribution >= 0.6 is 0 Å². The second-order valence-electron chi connectivity index (χ2n) is 6.94. The van der Waals surface area contributed by atoms with Crippen LogP contribution in [0.1, 0.15) is 27.5 Å². The molecule has 0 bridgehead atoms. The molecule has 2 rings (SSSR count). The maximum atomic E-state index is 13.2. The zero-order valence-electron chi connectivity index (χ0n) is 17.5. The number of amides is 1. The third-order valence-corrected chi connectivity index (χ3v) is 4.69. The molecule has 2 aromatic carbocycles. The predicted octanol–water partition coefficient (Wildman–Crippen LogP) is 2.20. The zero-order valence-corrected chi connectivity index (χ0v) is 17.5. The van der Waals surface area contributed by atoms with Gasteiger partial charge in [-0.05, 0) is 55.9 Å². The molecular formula is C22H30FN5O. The molecule has 1 atom stereocenters. The fourth-order valence-corrected chi connectivity index (χ4v) is 3.04. The van der Waals surface area contributed by atoms with E-state index in [1.54, 1.807) is 32.3 Å². The molecule has 0 spiro atoms. The van der Waals surface area contributed by atoms with Crippen molar-refractivity contribution in [2.45, 2.75) is 12.5 Å². The number of carbonyl (C=O) groups excluding carboxylic acids is 1. The van der Waals surface area contributed by atoms with E-state index < -0.39 is 0 Å². The largest absolute Gasteiger partial charge is 0.356 e. The lowest BCUT2D eigenvalue weighted by Crippen LogP contribution is -2.42. The van der Waals surface area contributed by atoms with Crippen molar-refractivity contribution in [1.29, 1.82) is 0 Å². The van der Waals surface area contributed by atoms with Gasteiger partial charge >= 0.3 is 0 Å². The summed E-state index contributed by atoms with van der Waals surface area (Å²) in [5.41, 5.74) is 2.76. The van der Waals surface area contributed by atoms with Crippen molar-refractivity contribution >= 4 is 11.9 Å². The van der Waals surface area contributed by atoms with E-state index in [2.05, 4.69) is 25.8 Å². The van der Waals surface area contributed by atoms with Crippen LogP contribution in [-0.2, 0) is 6.42 Å². The number of halogens is 1. The van der Waals surface area contributed by atoms with E-state index in [9.17, 15) is 9.18 Å². The lowest BCUT2D eigenvalue weighted by Gasteiger charge is -2.26. The number of carbonyl (C=O) groups is 1. The first-order valence-corrected chi connectivity index (χ1v) is 9.62. The topological polar surface area (TPSA) is 68.8 Å². The van der Waals surface area contributed by atoms with Crippen LogP contribution in [0.15, 0.2) is 53.5 Å². The van der Waals surface area contributed by atoms with Gasteiger partial charge in [-0.2, -0.15) is 0 Å². The molecule has 1 unspecified atom stereocenters. The van der Waals surface area contributed by atoms with Crippen molar-refractivity contribution in [3.63, 3.8) is 0 Å². The molecule has 29 heavy (non-hydrogen) atoms. The standard InChI is InChI=1S/C22H30FN5O/c1-24-21(29)18-7-5-6-16(14-18)12-13-26-22(25-2)27-15-20(28(3)4)17-8-10-19(23)11-9-17/h5-11,14,20H,12-13,15H2,1-4H3,(H,24,29)(H2,25,26,27). The maximum absolute atomic E-state index is 13.2. The molecule has 7 heteroatoms. The summed E-state index contributed by atoms with van der Waals surface area (Å²) in [6.07, 6.45) is 0.764. The first kappa shape index (κ1) is 22.4. The molecule has 0 heterocycles. The van der Waals surface area contributed by atoms with Gasteiger partial charge in [0.2, 0.25) is 0 Å². The van der Waals surface area contributed by atoms with Crippen LogP contribution in [0.2, 0.25) is 0 Å². The molecule has 0 saturated carbocycles. The van der Waals surface area contributed by atoms with E-state index in [1.807, 2.05) is 32.3 Å². The highest BCUT2D eigenvalue weighted by Gasteiger charge is 2.14. The number of rotatable bonds is 8. The van der Waals surface area contributed by atoms with Crippen LogP contribution in [0.3, 0.4) is 0 Å². The molecule has 0 fully saturated rings. The van der Waals surface area contributed by atoms with Gasteiger partial charge in [0.05, 0.1) is 6.04 Å². The summed E-state index contributed by atoms with van der Waals surface area (Å²) in [7, 11) is 7.33. The first-order chi connectivity index (χ1) is 13.9. The minimum Gasteiger partial charge on any atom is -0.356 e. The number of hydrogen-bond acceptors (Lipinski definition) is 3. The summed E-state index contributed by atoms with van der Waals surface area (Å²) in [4.78, 5) is 18.1. The highest BCUT2D eigenvalue weighted by atomic mass is 19.1. The molecule has 2 aromatic rings. The number of guanidine groups is 1. The van der Waals surface area contributed by atoms with Gasteiger partial charge in [0.15, 0.2) is 5.96 Å². The van der Waals surface area contributed by atoms with Gasteiger partial charge in [-0.1, -0.05) is 24.3 Å². The van der Waals surface area contributed by atoms with Gasteiger partial charge in [-0.25, -0.2) is 4.39 Å². The highest BCUT2D eigenvalue weighted by Crippen LogP contribution is 2.17. The fraction of sp³-hybridized carbons (Fsp3) is 0.364. The van der Waals surface area contributed by atoms with Crippen LogP contribution < -0.4 is 16.0 Å². The Kier molecular flexibility index (Phi) is 8.61. The molecule has 1 amide bonds. The monoisotopic (exact) mass is 399 g/mol. The summed E-state index contributed by atoms with van der Waals surface area (Å²) in [5.74, 6) is 0.367. The Morgan fingerprint density at radius 2 is 1.86 bits per heavy atom. The van der Waals surface area contributed by atoms with Crippen molar-refractivity contribution in [2.24, 2.45) is 4.99 Å². The van der Waals surface area contributed by atoms with Crippen LogP contribution in [0.4, 0.5) is 4.39 Å². The van der Waals surface area contributed by atoms with E-state index in [4.69, 9.17) is 0 Å². The summed E-state index contributed by atoms with van der Waals surface area (Å²) in [6, 6.07) is 14.2. The second-order valence-corrected chi connectivity index (χ2v) is 6.94. The molecule has 0 aliphatic heterocycles. The molecule has 6 nitrogen and oxygen atoms in total. The highest BCUT2D eigenvalue weighted by molar-refractivity contribution is 5.94. The smallest absolute Gasteiger partial charge is 0.251 e. The van der Waals surface area contributed by atoms with E-state index in [1.165, 1.54) is 12.1 Å². The Balaban J connectivity index is 1.88. The number of aliphatic imine (C=N–C) groups is 1. The number of nitrogens with zero attached hydrogens (tertiary/aromatic N) is 2. The second kappa shape index (κ2) is 11.2. The minimum atomic E-state index is -0.239. The fourth-order valence-electron chi connectivity index (χ4n) is 3.04. The molecule has 0 aliphatic carbocycles. The molecule has 3 N–H and O–H groups in total. The average molecular weight is 400 g/mol. The van der Waals surface area contributed by atoms with Gasteiger partial charge < -0.3 is 20.9 Å². The quantitative estimate of drug-likeness (QED) is 0.470. The SMILES string of the molecule is CN=C(NCCc1cccc(C(=O)NC)c1)NCC(c1ccc(F)cc1)N(C)C. The van der Waals surface area contributed by atoms with Crippen LogP contribution in [-0.4, -0.2) is 58.0 Å². The molecule has 0 radical (unpaired) electrons. The molecule has 156 valence electrons. The summed E-state index contributed by atoms with van der Waals surface area (Å²) >= 11 is 0.